The van der Waals surface area contributed by atoms with E-state index in [1.807, 2.05) is 0 Å². The molecular formula is C13H15ClFN3O5. The van der Waals surface area contributed by atoms with Crippen molar-refractivity contribution in [2.45, 2.75) is 43.0 Å². The predicted molar refractivity (Wildman–Crippen MR) is 76.2 cm³/mol. The maximum Gasteiger partial charge on any atom is 0.351 e. The van der Waals surface area contributed by atoms with Crippen molar-refractivity contribution in [3.63, 3.8) is 0 Å². The van der Waals surface area contributed by atoms with Crippen LogP contribution in [-0.4, -0.2) is 43.6 Å². The number of nitrogens with zero attached hydrogens (tertiary/aromatic N) is 2. The van der Waals surface area contributed by atoms with Gasteiger partial charge in [0.05, 0.1) is 5.92 Å². The van der Waals surface area contributed by atoms with Gasteiger partial charge in [-0.25, -0.2) is 9.18 Å². The third-order valence-electron chi connectivity index (χ3n) is 3.99. The third kappa shape index (κ3) is 2.07. The van der Waals surface area contributed by atoms with Crippen molar-refractivity contribution in [2.75, 3.05) is 5.73 Å². The minimum absolute atomic E-state index is 0.0344. The van der Waals surface area contributed by atoms with Gasteiger partial charge in [-0.3, -0.25) is 9.36 Å². The molecule has 1 aliphatic carbocycles. The molecule has 1 saturated heterocycles. The maximum absolute atomic E-state index is 14.7. The van der Waals surface area contributed by atoms with E-state index in [1.54, 1.807) is 13.8 Å². The third-order valence-corrected chi connectivity index (χ3v) is 4.58. The second kappa shape index (κ2) is 4.89. The molecule has 8 nitrogen and oxygen atoms in total. The van der Waals surface area contributed by atoms with Crippen LogP contribution in [0.15, 0.2) is 17.1 Å². The Morgan fingerprint density at radius 1 is 1.65 bits per heavy atom. The largest absolute Gasteiger partial charge is 0.454 e. The highest BCUT2D eigenvalue weighted by Crippen LogP contribution is 2.67. The first-order valence-electron chi connectivity index (χ1n) is 6.91. The summed E-state index contributed by atoms with van der Waals surface area (Å²) >= 11 is 6.07. The van der Waals surface area contributed by atoms with Gasteiger partial charge >= 0.3 is 11.7 Å². The molecule has 0 amide bonds. The van der Waals surface area contributed by atoms with Gasteiger partial charge in [0.15, 0.2) is 24.1 Å². The second-order valence-electron chi connectivity index (χ2n) is 5.89. The Balaban J connectivity index is 1.85. The molecule has 1 unspecified atom stereocenters. The summed E-state index contributed by atoms with van der Waals surface area (Å²) < 4.78 is 25.8. The molecule has 0 aromatic carbocycles. The Hall–Kier alpha value is -1.71. The van der Waals surface area contributed by atoms with E-state index in [0.29, 0.717) is 0 Å². The first-order chi connectivity index (χ1) is 10.6. The van der Waals surface area contributed by atoms with Gasteiger partial charge in [0.25, 0.3) is 0 Å². The molecule has 0 bridgehead atoms. The minimum atomic E-state index is -2.23. The molecule has 3 N–H and O–H groups in total. The molecule has 0 spiro atoms. The smallest absolute Gasteiger partial charge is 0.351 e. The summed E-state index contributed by atoms with van der Waals surface area (Å²) in [5.74, 6) is -1.15. The van der Waals surface area contributed by atoms with Gasteiger partial charge in [-0.05, 0) is 6.07 Å². The Kier molecular flexibility index (Phi) is 3.44. The Labute approximate surface area is 135 Å². The van der Waals surface area contributed by atoms with Crippen LogP contribution in [0.1, 0.15) is 20.1 Å². The summed E-state index contributed by atoms with van der Waals surface area (Å²) in [6.45, 7) is 3.17. The van der Waals surface area contributed by atoms with Crippen molar-refractivity contribution in [2.24, 2.45) is 5.92 Å². The van der Waals surface area contributed by atoms with E-state index in [4.69, 9.17) is 26.8 Å². The highest BCUT2D eigenvalue weighted by Gasteiger charge is 2.90. The summed E-state index contributed by atoms with van der Waals surface area (Å²) in [5.41, 5.74) is 2.28. The number of fused-ring (bicyclic) bond motifs is 1. The Morgan fingerprint density at radius 3 is 2.78 bits per heavy atom. The van der Waals surface area contributed by atoms with Crippen LogP contribution in [-0.2, 0) is 14.3 Å². The average Bonchev–Trinajstić information content (AvgIpc) is 2.83. The monoisotopic (exact) mass is 347 g/mol. The molecule has 3 rings (SSSR count). The molecule has 1 aromatic heterocycles. The van der Waals surface area contributed by atoms with Crippen LogP contribution in [0.4, 0.5) is 10.2 Å². The molecule has 2 heterocycles. The van der Waals surface area contributed by atoms with Crippen molar-refractivity contribution in [1.82, 2.24) is 9.55 Å². The first kappa shape index (κ1) is 16.2. The lowest BCUT2D eigenvalue weighted by molar-refractivity contribution is -0.158. The number of ether oxygens (including phenoxy) is 2. The van der Waals surface area contributed by atoms with Gasteiger partial charge in [-0.2, -0.15) is 4.98 Å². The highest BCUT2D eigenvalue weighted by atomic mass is 35.5. The first-order valence-corrected chi connectivity index (χ1v) is 7.29. The zero-order valence-electron chi connectivity index (χ0n) is 12.3. The van der Waals surface area contributed by atoms with Gasteiger partial charge in [0, 0.05) is 6.20 Å². The van der Waals surface area contributed by atoms with E-state index in [1.165, 1.54) is 12.3 Å². The number of aromatic nitrogens is 2. The number of halogens is 2. The number of nitrogen functional groups attached to an aromatic ring is 1. The fourth-order valence-corrected chi connectivity index (χ4v) is 3.02. The van der Waals surface area contributed by atoms with Crippen molar-refractivity contribution in [3.8, 4) is 0 Å². The van der Waals surface area contributed by atoms with Crippen LogP contribution in [0.25, 0.3) is 0 Å². The molecule has 2 fully saturated rings. The summed E-state index contributed by atoms with van der Waals surface area (Å²) in [5, 5.41) is 8.45. The molecule has 10 heteroatoms. The van der Waals surface area contributed by atoms with Gasteiger partial charge in [-0.15, -0.1) is 0 Å². The number of carbonyl (C=O) groups is 1. The normalized spacial score (nSPS) is 38.4. The van der Waals surface area contributed by atoms with Gasteiger partial charge < -0.3 is 20.3 Å². The average molecular weight is 348 g/mol. The summed E-state index contributed by atoms with van der Waals surface area (Å²) in [6, 6.07) is 1.28. The van der Waals surface area contributed by atoms with Crippen LogP contribution in [0.5, 0.6) is 0 Å². The SMILES string of the molecule is CC(C)C(=O)OC1[C@@]2(Cl)O[C@@H](n3ccc(N)nc3=O)[C@H](F)[C@@]12O. The molecule has 2 aliphatic rings. The molecule has 1 aliphatic heterocycles. The fraction of sp³-hybridized carbons (Fsp3) is 0.615. The number of anilines is 1. The Bertz CT molecular complexity index is 728. The number of hydrogen-bond donors (Lipinski definition) is 2. The highest BCUT2D eigenvalue weighted by molar-refractivity contribution is 6.27. The number of alkyl halides is 2. The molecule has 126 valence electrons. The van der Waals surface area contributed by atoms with Gasteiger partial charge in [-0.1, -0.05) is 25.4 Å². The maximum atomic E-state index is 14.7. The number of rotatable bonds is 3. The van der Waals surface area contributed by atoms with E-state index in [2.05, 4.69) is 4.98 Å². The molecule has 23 heavy (non-hydrogen) atoms. The second-order valence-corrected chi connectivity index (χ2v) is 6.46. The number of nitrogens with two attached hydrogens (primary N) is 1. The lowest BCUT2D eigenvalue weighted by atomic mass is 10.2. The summed E-state index contributed by atoms with van der Waals surface area (Å²) in [4.78, 5) is 26.8. The van der Waals surface area contributed by atoms with Crippen LogP contribution >= 0.6 is 11.6 Å². The fourth-order valence-electron chi connectivity index (χ4n) is 2.56. The predicted octanol–water partition coefficient (Wildman–Crippen LogP) is -0.0600. The van der Waals surface area contributed by atoms with Crippen LogP contribution < -0.4 is 11.4 Å². The number of hydrogen-bond acceptors (Lipinski definition) is 7. The van der Waals surface area contributed by atoms with E-state index in [0.717, 1.165) is 4.57 Å². The molecule has 1 aromatic rings. The van der Waals surface area contributed by atoms with Crippen molar-refractivity contribution in [3.05, 3.63) is 22.7 Å². The van der Waals surface area contributed by atoms with E-state index in [-0.39, 0.29) is 5.82 Å². The standard InChI is InChI=1S/C13H15ClFN3O5/c1-5(2)9(19)22-10-12(21)7(15)8(23-13(10,12)14)18-4-3-6(16)17-11(18)20/h3-5,7-8,10,21H,1-2H3,(H2,16,17,20)/t7-,8+,10?,12+,13+/m0/s1. The topological polar surface area (TPSA) is 117 Å². The zero-order valence-corrected chi connectivity index (χ0v) is 13.0. The number of aliphatic hydroxyl groups is 1. The molecule has 5 atom stereocenters. The summed E-state index contributed by atoms with van der Waals surface area (Å²) in [6.07, 6.45) is -3.75. The number of carbonyl (C=O) groups excluding carboxylic acids is 1. The van der Waals surface area contributed by atoms with E-state index in [9.17, 15) is 19.1 Å². The minimum Gasteiger partial charge on any atom is -0.454 e. The van der Waals surface area contributed by atoms with Crippen LogP contribution in [0.2, 0.25) is 0 Å². The Morgan fingerprint density at radius 2 is 2.30 bits per heavy atom. The van der Waals surface area contributed by atoms with E-state index < -0.39 is 46.7 Å². The van der Waals surface area contributed by atoms with Gasteiger partial charge in [0.2, 0.25) is 5.06 Å². The van der Waals surface area contributed by atoms with Crippen LogP contribution in [0.3, 0.4) is 0 Å². The lowest BCUT2D eigenvalue weighted by Crippen LogP contribution is -2.39. The van der Waals surface area contributed by atoms with Crippen molar-refractivity contribution < 1.29 is 23.8 Å². The van der Waals surface area contributed by atoms with Gasteiger partial charge in [0.1, 0.15) is 5.82 Å². The lowest BCUT2D eigenvalue weighted by Gasteiger charge is -2.22. The van der Waals surface area contributed by atoms with Crippen molar-refractivity contribution in [1.29, 1.82) is 0 Å². The molecule has 1 saturated carbocycles. The quantitative estimate of drug-likeness (QED) is 0.581. The zero-order chi connectivity index (χ0) is 17.2. The van der Waals surface area contributed by atoms with Crippen molar-refractivity contribution >= 4 is 23.4 Å². The van der Waals surface area contributed by atoms with Crippen LogP contribution in [0, 0.1) is 5.92 Å². The summed E-state index contributed by atoms with van der Waals surface area (Å²) in [7, 11) is 0. The molecular weight excluding hydrogens is 333 g/mol. The van der Waals surface area contributed by atoms with E-state index >= 15 is 0 Å². The molecule has 0 radical (unpaired) electrons. The number of esters is 1.